The molecule has 3 rings (SSSR count). The SMILES string of the molecule is CC1(C(=O)CCc2ccc3c(c2)CCO3)CCCNC1. The maximum Gasteiger partial charge on any atom is 0.140 e. The molecule has 1 unspecified atom stereocenters. The molecular weight excluding hydrogens is 250 g/mol. The molecule has 3 nitrogen and oxygen atoms in total. The lowest BCUT2D eigenvalue weighted by Crippen LogP contribution is -2.43. The molecular formula is C17H23NO2. The van der Waals surface area contributed by atoms with E-state index in [1.165, 1.54) is 11.1 Å². The van der Waals surface area contributed by atoms with Crippen molar-refractivity contribution in [2.24, 2.45) is 5.41 Å². The molecule has 0 aliphatic carbocycles. The van der Waals surface area contributed by atoms with Gasteiger partial charge in [0.25, 0.3) is 0 Å². The quantitative estimate of drug-likeness (QED) is 0.916. The number of carbonyl (C=O) groups is 1. The molecule has 2 heterocycles. The van der Waals surface area contributed by atoms with Gasteiger partial charge in [0.1, 0.15) is 11.5 Å². The van der Waals surface area contributed by atoms with Gasteiger partial charge < -0.3 is 10.1 Å². The van der Waals surface area contributed by atoms with Gasteiger partial charge in [-0.3, -0.25) is 4.79 Å². The number of nitrogens with one attached hydrogen (secondary N) is 1. The summed E-state index contributed by atoms with van der Waals surface area (Å²) in [5.41, 5.74) is 2.40. The van der Waals surface area contributed by atoms with E-state index in [2.05, 4.69) is 24.4 Å². The molecule has 0 bridgehead atoms. The van der Waals surface area contributed by atoms with E-state index < -0.39 is 0 Å². The predicted molar refractivity (Wildman–Crippen MR) is 79.2 cm³/mol. The lowest BCUT2D eigenvalue weighted by atomic mass is 9.77. The minimum Gasteiger partial charge on any atom is -0.493 e. The fraction of sp³-hybridized carbons (Fsp3) is 0.588. The molecule has 1 aromatic rings. The highest BCUT2D eigenvalue weighted by atomic mass is 16.5. The first-order chi connectivity index (χ1) is 9.67. The zero-order valence-corrected chi connectivity index (χ0v) is 12.2. The number of Topliss-reactive ketones (excluding diaryl/α,β-unsaturated/α-hetero) is 1. The van der Waals surface area contributed by atoms with Crippen molar-refractivity contribution in [1.82, 2.24) is 5.32 Å². The van der Waals surface area contributed by atoms with Crippen LogP contribution in [0, 0.1) is 5.41 Å². The van der Waals surface area contributed by atoms with Gasteiger partial charge in [0.2, 0.25) is 0 Å². The molecule has 1 atom stereocenters. The average Bonchev–Trinajstić information content (AvgIpc) is 2.93. The van der Waals surface area contributed by atoms with Gasteiger partial charge in [0, 0.05) is 24.8 Å². The summed E-state index contributed by atoms with van der Waals surface area (Å²) in [6.07, 6.45) is 4.63. The number of hydrogen-bond donors (Lipinski definition) is 1. The Labute approximate surface area is 120 Å². The number of aryl methyl sites for hydroxylation is 1. The van der Waals surface area contributed by atoms with Crippen LogP contribution in [0.2, 0.25) is 0 Å². The molecule has 0 spiro atoms. The van der Waals surface area contributed by atoms with Crippen LogP contribution in [0.3, 0.4) is 0 Å². The third-order valence-electron chi connectivity index (χ3n) is 4.67. The van der Waals surface area contributed by atoms with Gasteiger partial charge >= 0.3 is 0 Å². The summed E-state index contributed by atoms with van der Waals surface area (Å²) in [7, 11) is 0. The second-order valence-electron chi connectivity index (χ2n) is 6.30. The molecule has 3 heteroatoms. The van der Waals surface area contributed by atoms with Crippen LogP contribution in [-0.4, -0.2) is 25.5 Å². The highest BCUT2D eigenvalue weighted by Gasteiger charge is 2.33. The third kappa shape index (κ3) is 2.73. The molecule has 0 amide bonds. The van der Waals surface area contributed by atoms with Crippen molar-refractivity contribution in [3.05, 3.63) is 29.3 Å². The first kappa shape index (κ1) is 13.6. The molecule has 20 heavy (non-hydrogen) atoms. The van der Waals surface area contributed by atoms with Gasteiger partial charge in [-0.05, 0) is 43.0 Å². The van der Waals surface area contributed by atoms with Crippen molar-refractivity contribution in [3.63, 3.8) is 0 Å². The Balaban J connectivity index is 1.60. The lowest BCUT2D eigenvalue weighted by Gasteiger charge is -2.32. The summed E-state index contributed by atoms with van der Waals surface area (Å²) in [4.78, 5) is 12.5. The van der Waals surface area contributed by atoms with Crippen LogP contribution in [0.5, 0.6) is 5.75 Å². The van der Waals surface area contributed by atoms with E-state index in [1.54, 1.807) is 0 Å². The van der Waals surface area contributed by atoms with Crippen molar-refractivity contribution in [3.8, 4) is 5.75 Å². The van der Waals surface area contributed by atoms with Crippen LogP contribution in [0.4, 0.5) is 0 Å². The van der Waals surface area contributed by atoms with Crippen molar-refractivity contribution >= 4 is 5.78 Å². The molecule has 1 N–H and O–H groups in total. The summed E-state index contributed by atoms with van der Waals surface area (Å²) < 4.78 is 5.52. The van der Waals surface area contributed by atoms with Crippen LogP contribution < -0.4 is 10.1 Å². The maximum atomic E-state index is 12.5. The Morgan fingerprint density at radius 3 is 3.15 bits per heavy atom. The van der Waals surface area contributed by atoms with Crippen LogP contribution in [0.1, 0.15) is 37.3 Å². The molecule has 0 aromatic heterocycles. The highest BCUT2D eigenvalue weighted by molar-refractivity contribution is 5.85. The molecule has 1 saturated heterocycles. The van der Waals surface area contributed by atoms with Crippen molar-refractivity contribution < 1.29 is 9.53 Å². The Bertz CT molecular complexity index is 504. The molecule has 2 aliphatic heterocycles. The van der Waals surface area contributed by atoms with Gasteiger partial charge in [-0.15, -0.1) is 0 Å². The van der Waals surface area contributed by atoms with Crippen molar-refractivity contribution in [2.45, 2.75) is 39.0 Å². The van der Waals surface area contributed by atoms with E-state index >= 15 is 0 Å². The summed E-state index contributed by atoms with van der Waals surface area (Å²) >= 11 is 0. The summed E-state index contributed by atoms with van der Waals surface area (Å²) in [6, 6.07) is 6.35. The van der Waals surface area contributed by atoms with E-state index in [4.69, 9.17) is 4.74 Å². The zero-order chi connectivity index (χ0) is 14.0. The fourth-order valence-electron chi connectivity index (χ4n) is 3.25. The number of hydrogen-bond acceptors (Lipinski definition) is 3. The molecule has 2 aliphatic rings. The molecule has 108 valence electrons. The Kier molecular flexibility index (Phi) is 3.79. The fourth-order valence-corrected chi connectivity index (χ4v) is 3.25. The molecule has 1 fully saturated rings. The number of fused-ring (bicyclic) bond motifs is 1. The topological polar surface area (TPSA) is 38.3 Å². The van der Waals surface area contributed by atoms with E-state index in [0.717, 1.165) is 51.1 Å². The maximum absolute atomic E-state index is 12.5. The largest absolute Gasteiger partial charge is 0.493 e. The Hall–Kier alpha value is -1.35. The number of benzene rings is 1. The number of ether oxygens (including phenoxy) is 1. The minimum atomic E-state index is -0.155. The smallest absolute Gasteiger partial charge is 0.140 e. The Morgan fingerprint density at radius 2 is 2.35 bits per heavy atom. The van der Waals surface area contributed by atoms with Crippen molar-refractivity contribution in [1.29, 1.82) is 0 Å². The van der Waals surface area contributed by atoms with E-state index in [1.807, 2.05) is 6.07 Å². The zero-order valence-electron chi connectivity index (χ0n) is 12.2. The monoisotopic (exact) mass is 273 g/mol. The van der Waals surface area contributed by atoms with Gasteiger partial charge in [-0.1, -0.05) is 19.1 Å². The summed E-state index contributed by atoms with van der Waals surface area (Å²) in [5, 5.41) is 3.35. The normalized spacial score (nSPS) is 25.1. The molecule has 0 radical (unpaired) electrons. The molecule has 0 saturated carbocycles. The Morgan fingerprint density at radius 1 is 1.45 bits per heavy atom. The second kappa shape index (κ2) is 5.57. The molecule has 1 aromatic carbocycles. The van der Waals surface area contributed by atoms with Crippen LogP contribution >= 0.6 is 0 Å². The predicted octanol–water partition coefficient (Wildman–Crippen LogP) is 2.51. The first-order valence-corrected chi connectivity index (χ1v) is 7.66. The van der Waals surface area contributed by atoms with E-state index in [0.29, 0.717) is 12.2 Å². The number of rotatable bonds is 4. The number of piperidine rings is 1. The van der Waals surface area contributed by atoms with Gasteiger partial charge in [-0.2, -0.15) is 0 Å². The number of carbonyl (C=O) groups excluding carboxylic acids is 1. The van der Waals surface area contributed by atoms with Gasteiger partial charge in [0.15, 0.2) is 0 Å². The average molecular weight is 273 g/mol. The summed E-state index contributed by atoms with van der Waals surface area (Å²) in [5.74, 6) is 1.42. The number of ketones is 1. The van der Waals surface area contributed by atoms with Crippen LogP contribution in [-0.2, 0) is 17.6 Å². The van der Waals surface area contributed by atoms with E-state index in [9.17, 15) is 4.79 Å². The van der Waals surface area contributed by atoms with Crippen LogP contribution in [0.15, 0.2) is 18.2 Å². The van der Waals surface area contributed by atoms with Gasteiger partial charge in [-0.25, -0.2) is 0 Å². The standard InChI is InChI=1S/C17H23NO2/c1-17(8-2-9-18-12-17)16(19)6-4-13-3-5-15-14(11-13)7-10-20-15/h3,5,11,18H,2,4,6-10,12H2,1H3. The van der Waals surface area contributed by atoms with E-state index in [-0.39, 0.29) is 5.41 Å². The lowest BCUT2D eigenvalue weighted by molar-refractivity contribution is -0.128. The van der Waals surface area contributed by atoms with Crippen molar-refractivity contribution in [2.75, 3.05) is 19.7 Å². The van der Waals surface area contributed by atoms with Gasteiger partial charge in [0.05, 0.1) is 6.61 Å². The third-order valence-corrected chi connectivity index (χ3v) is 4.67. The second-order valence-corrected chi connectivity index (χ2v) is 6.30. The minimum absolute atomic E-state index is 0.155. The summed E-state index contributed by atoms with van der Waals surface area (Å²) in [6.45, 7) is 4.79. The van der Waals surface area contributed by atoms with Crippen LogP contribution in [0.25, 0.3) is 0 Å². The first-order valence-electron chi connectivity index (χ1n) is 7.66. The highest BCUT2D eigenvalue weighted by Crippen LogP contribution is 2.30.